The SMILES string of the molecule is COCCNCCNC(=O)c1ccc(-n2cccn2)cc1.Cl. The van der Waals surface area contributed by atoms with Gasteiger partial charge in [-0.15, -0.1) is 12.4 Å². The molecule has 0 unspecified atom stereocenters. The maximum absolute atomic E-state index is 11.9. The molecule has 0 atom stereocenters. The van der Waals surface area contributed by atoms with Crippen molar-refractivity contribution < 1.29 is 9.53 Å². The molecule has 0 fully saturated rings. The van der Waals surface area contributed by atoms with E-state index in [1.165, 1.54) is 0 Å². The molecule has 0 aliphatic carbocycles. The number of methoxy groups -OCH3 is 1. The van der Waals surface area contributed by atoms with Gasteiger partial charge in [0, 0.05) is 44.7 Å². The van der Waals surface area contributed by atoms with Gasteiger partial charge in [0.1, 0.15) is 0 Å². The van der Waals surface area contributed by atoms with Crippen LogP contribution in [0.15, 0.2) is 42.7 Å². The number of nitrogens with zero attached hydrogens (tertiary/aromatic N) is 2. The number of halogens is 1. The van der Waals surface area contributed by atoms with Gasteiger partial charge in [-0.05, 0) is 30.3 Å². The highest BCUT2D eigenvalue weighted by atomic mass is 35.5. The lowest BCUT2D eigenvalue weighted by Gasteiger charge is -2.07. The molecule has 1 aromatic heterocycles. The minimum Gasteiger partial charge on any atom is -0.383 e. The van der Waals surface area contributed by atoms with E-state index < -0.39 is 0 Å². The van der Waals surface area contributed by atoms with E-state index in [1.54, 1.807) is 30.1 Å². The molecule has 0 aliphatic heterocycles. The van der Waals surface area contributed by atoms with Crippen molar-refractivity contribution in [1.82, 2.24) is 20.4 Å². The van der Waals surface area contributed by atoms with Crippen LogP contribution in [0.25, 0.3) is 5.69 Å². The van der Waals surface area contributed by atoms with Gasteiger partial charge in [-0.25, -0.2) is 4.68 Å². The van der Waals surface area contributed by atoms with Crippen LogP contribution >= 0.6 is 12.4 Å². The van der Waals surface area contributed by atoms with Crippen molar-refractivity contribution in [3.63, 3.8) is 0 Å². The third kappa shape index (κ3) is 5.48. The lowest BCUT2D eigenvalue weighted by molar-refractivity contribution is 0.0953. The summed E-state index contributed by atoms with van der Waals surface area (Å²) in [6.07, 6.45) is 3.58. The summed E-state index contributed by atoms with van der Waals surface area (Å²) in [5.41, 5.74) is 1.57. The number of hydrogen-bond donors (Lipinski definition) is 2. The largest absolute Gasteiger partial charge is 0.383 e. The fourth-order valence-corrected chi connectivity index (χ4v) is 1.85. The normalized spacial score (nSPS) is 10.0. The summed E-state index contributed by atoms with van der Waals surface area (Å²) in [4.78, 5) is 11.9. The topological polar surface area (TPSA) is 68.2 Å². The summed E-state index contributed by atoms with van der Waals surface area (Å²) in [5.74, 6) is -0.0736. The molecule has 0 aliphatic rings. The first-order valence-corrected chi connectivity index (χ1v) is 6.89. The smallest absolute Gasteiger partial charge is 0.251 e. The van der Waals surface area contributed by atoms with Crippen LogP contribution in [0.4, 0.5) is 0 Å². The van der Waals surface area contributed by atoms with Crippen molar-refractivity contribution in [1.29, 1.82) is 0 Å². The molecule has 1 aromatic carbocycles. The van der Waals surface area contributed by atoms with Crippen LogP contribution in [0.1, 0.15) is 10.4 Å². The minimum absolute atomic E-state index is 0. The molecule has 22 heavy (non-hydrogen) atoms. The Labute approximate surface area is 136 Å². The Hall–Kier alpha value is -1.89. The molecule has 7 heteroatoms. The summed E-state index contributed by atoms with van der Waals surface area (Å²) in [6.45, 7) is 2.76. The van der Waals surface area contributed by atoms with Crippen LogP contribution in [0.2, 0.25) is 0 Å². The van der Waals surface area contributed by atoms with Crippen molar-refractivity contribution in [2.45, 2.75) is 0 Å². The molecule has 0 bridgehead atoms. The van der Waals surface area contributed by atoms with Crippen LogP contribution in [0, 0.1) is 0 Å². The van der Waals surface area contributed by atoms with Gasteiger partial charge in [0.05, 0.1) is 12.3 Å². The van der Waals surface area contributed by atoms with Gasteiger partial charge in [0.25, 0.3) is 5.91 Å². The quantitative estimate of drug-likeness (QED) is 0.717. The van der Waals surface area contributed by atoms with E-state index in [1.807, 2.05) is 24.4 Å². The van der Waals surface area contributed by atoms with Crippen molar-refractivity contribution in [2.24, 2.45) is 0 Å². The van der Waals surface area contributed by atoms with Crippen LogP contribution in [0.3, 0.4) is 0 Å². The Bertz CT molecular complexity index is 543. The second-order valence-corrected chi connectivity index (χ2v) is 4.50. The second kappa shape index (κ2) is 9.94. The number of carbonyl (C=O) groups excluding carboxylic acids is 1. The van der Waals surface area contributed by atoms with Gasteiger partial charge in [-0.2, -0.15) is 5.10 Å². The average Bonchev–Trinajstić information content (AvgIpc) is 3.05. The predicted molar refractivity (Wildman–Crippen MR) is 87.9 cm³/mol. The Kier molecular flexibility index (Phi) is 8.21. The van der Waals surface area contributed by atoms with E-state index in [0.717, 1.165) is 18.8 Å². The zero-order valence-electron chi connectivity index (χ0n) is 12.5. The number of carbonyl (C=O) groups is 1. The third-order valence-electron chi connectivity index (χ3n) is 2.97. The van der Waals surface area contributed by atoms with E-state index >= 15 is 0 Å². The highest BCUT2D eigenvalue weighted by molar-refractivity contribution is 5.94. The van der Waals surface area contributed by atoms with Crippen LogP contribution in [0.5, 0.6) is 0 Å². The van der Waals surface area contributed by atoms with E-state index in [0.29, 0.717) is 18.7 Å². The average molecular weight is 325 g/mol. The van der Waals surface area contributed by atoms with Gasteiger partial charge in [0.15, 0.2) is 0 Å². The number of rotatable bonds is 8. The highest BCUT2D eigenvalue weighted by Crippen LogP contribution is 2.08. The summed E-state index contributed by atoms with van der Waals surface area (Å²) >= 11 is 0. The first-order chi connectivity index (χ1) is 10.3. The molecule has 120 valence electrons. The van der Waals surface area contributed by atoms with E-state index in [9.17, 15) is 4.79 Å². The molecular weight excluding hydrogens is 304 g/mol. The number of ether oxygens (including phenoxy) is 1. The van der Waals surface area contributed by atoms with E-state index in [4.69, 9.17) is 4.74 Å². The molecular formula is C15H21ClN4O2. The number of aromatic nitrogens is 2. The van der Waals surface area contributed by atoms with E-state index in [-0.39, 0.29) is 18.3 Å². The zero-order valence-corrected chi connectivity index (χ0v) is 13.3. The van der Waals surface area contributed by atoms with Crippen molar-refractivity contribution in [3.05, 3.63) is 48.3 Å². The Morgan fingerprint density at radius 1 is 1.23 bits per heavy atom. The van der Waals surface area contributed by atoms with Gasteiger partial charge >= 0.3 is 0 Å². The molecule has 0 saturated carbocycles. The van der Waals surface area contributed by atoms with Crippen molar-refractivity contribution in [2.75, 3.05) is 33.4 Å². The lowest BCUT2D eigenvalue weighted by atomic mass is 10.2. The fourth-order valence-electron chi connectivity index (χ4n) is 1.85. The molecule has 0 saturated heterocycles. The number of amides is 1. The standard InChI is InChI=1S/C15H20N4O2.ClH/c1-21-12-10-16-8-9-17-15(20)13-3-5-14(6-4-13)19-11-2-7-18-19;/h2-7,11,16H,8-10,12H2,1H3,(H,17,20);1H. The highest BCUT2D eigenvalue weighted by Gasteiger charge is 2.05. The molecule has 6 nitrogen and oxygen atoms in total. The minimum atomic E-state index is -0.0736. The maximum atomic E-state index is 11.9. The monoisotopic (exact) mass is 324 g/mol. The molecule has 1 amide bonds. The molecule has 2 aromatic rings. The molecule has 2 N–H and O–H groups in total. The Morgan fingerprint density at radius 3 is 2.64 bits per heavy atom. The summed E-state index contributed by atoms with van der Waals surface area (Å²) < 4.78 is 6.68. The third-order valence-corrected chi connectivity index (χ3v) is 2.97. The Morgan fingerprint density at radius 2 is 2.00 bits per heavy atom. The predicted octanol–water partition coefficient (Wildman–Crippen LogP) is 1.26. The van der Waals surface area contributed by atoms with Crippen LogP contribution < -0.4 is 10.6 Å². The number of benzene rings is 1. The summed E-state index contributed by atoms with van der Waals surface area (Å²) in [5, 5.41) is 10.2. The van der Waals surface area contributed by atoms with Crippen LogP contribution in [-0.4, -0.2) is 49.0 Å². The van der Waals surface area contributed by atoms with Crippen molar-refractivity contribution >= 4 is 18.3 Å². The van der Waals surface area contributed by atoms with Gasteiger partial charge in [0.2, 0.25) is 0 Å². The molecule has 0 spiro atoms. The first-order valence-electron chi connectivity index (χ1n) is 6.89. The number of nitrogens with one attached hydrogen (secondary N) is 2. The summed E-state index contributed by atoms with van der Waals surface area (Å²) in [6, 6.07) is 9.20. The molecule has 2 rings (SSSR count). The molecule has 1 heterocycles. The fraction of sp³-hybridized carbons (Fsp3) is 0.333. The molecule has 0 radical (unpaired) electrons. The van der Waals surface area contributed by atoms with Gasteiger partial charge in [-0.1, -0.05) is 0 Å². The van der Waals surface area contributed by atoms with Crippen molar-refractivity contribution in [3.8, 4) is 5.69 Å². The van der Waals surface area contributed by atoms with E-state index in [2.05, 4.69) is 15.7 Å². The lowest BCUT2D eigenvalue weighted by Crippen LogP contribution is -2.33. The second-order valence-electron chi connectivity index (χ2n) is 4.50. The van der Waals surface area contributed by atoms with Gasteiger partial charge < -0.3 is 15.4 Å². The van der Waals surface area contributed by atoms with Crippen LogP contribution in [-0.2, 0) is 4.74 Å². The maximum Gasteiger partial charge on any atom is 0.251 e. The first kappa shape index (κ1) is 18.2. The number of hydrogen-bond acceptors (Lipinski definition) is 4. The zero-order chi connectivity index (χ0) is 14.9. The summed E-state index contributed by atoms with van der Waals surface area (Å²) in [7, 11) is 1.66. The van der Waals surface area contributed by atoms with Gasteiger partial charge in [-0.3, -0.25) is 4.79 Å². The Balaban J connectivity index is 0.00000242.